The molecule has 0 atom stereocenters. The van der Waals surface area contributed by atoms with Crippen molar-refractivity contribution in [2.75, 3.05) is 6.61 Å². The third kappa shape index (κ3) is 4.51. The van der Waals surface area contributed by atoms with Gasteiger partial charge in [0.15, 0.2) is 0 Å². The van der Waals surface area contributed by atoms with E-state index in [0.717, 1.165) is 38.9 Å². The van der Waals surface area contributed by atoms with E-state index in [0.29, 0.717) is 18.7 Å². The highest BCUT2D eigenvalue weighted by atomic mass is 19.1. The van der Waals surface area contributed by atoms with Gasteiger partial charge in [0, 0.05) is 29.8 Å². The third-order valence-electron chi connectivity index (χ3n) is 5.24. The minimum Gasteiger partial charge on any atom is -0.494 e. The van der Waals surface area contributed by atoms with Gasteiger partial charge in [0.2, 0.25) is 0 Å². The highest BCUT2D eigenvalue weighted by molar-refractivity contribution is 5.98. The maximum atomic E-state index is 13.3. The predicted octanol–water partition coefficient (Wildman–Crippen LogP) is 6.60. The molecular weight excluding hydrogens is 387 g/mol. The summed E-state index contributed by atoms with van der Waals surface area (Å²) in [5.41, 5.74) is 5.60. The SMILES string of the molecule is CCOc1ccc2c(/C=C(\C#N)c3ccc(C)cc3)cn(Cc3ccc(F)cc3)c2c1. The van der Waals surface area contributed by atoms with Crippen molar-refractivity contribution >= 4 is 22.6 Å². The Morgan fingerprint density at radius 1 is 1.06 bits per heavy atom. The van der Waals surface area contributed by atoms with Gasteiger partial charge in [-0.15, -0.1) is 0 Å². The number of nitriles is 1. The van der Waals surface area contributed by atoms with Crippen LogP contribution in [0.2, 0.25) is 0 Å². The van der Waals surface area contributed by atoms with E-state index in [1.807, 2.05) is 68.6 Å². The first-order valence-electron chi connectivity index (χ1n) is 10.3. The lowest BCUT2D eigenvalue weighted by Crippen LogP contribution is -1.98. The molecule has 31 heavy (non-hydrogen) atoms. The van der Waals surface area contributed by atoms with Gasteiger partial charge in [-0.3, -0.25) is 0 Å². The number of aryl methyl sites for hydroxylation is 1. The van der Waals surface area contributed by atoms with E-state index in [1.54, 1.807) is 12.1 Å². The number of halogens is 1. The molecule has 154 valence electrons. The molecule has 0 saturated carbocycles. The van der Waals surface area contributed by atoms with Crippen LogP contribution in [0.5, 0.6) is 5.75 Å². The summed E-state index contributed by atoms with van der Waals surface area (Å²) in [5.74, 6) is 0.545. The number of ether oxygens (including phenoxy) is 1. The summed E-state index contributed by atoms with van der Waals surface area (Å²) in [6.45, 7) is 5.16. The normalized spacial score (nSPS) is 11.5. The fraction of sp³-hybridized carbons (Fsp3) is 0.148. The van der Waals surface area contributed by atoms with Gasteiger partial charge in [-0.25, -0.2) is 4.39 Å². The standard InChI is InChI=1S/C27H23FN2O/c1-3-31-25-12-13-26-23(14-22(16-29)21-8-4-19(2)5-9-21)18-30(27(26)15-25)17-20-6-10-24(28)11-7-20/h4-15,18H,3,17H2,1-2H3/b22-14+. The van der Waals surface area contributed by atoms with Crippen molar-refractivity contribution < 1.29 is 9.13 Å². The van der Waals surface area contributed by atoms with Crippen LogP contribution in [0.1, 0.15) is 29.2 Å². The Hall–Kier alpha value is -3.84. The molecule has 4 aromatic rings. The zero-order valence-corrected chi connectivity index (χ0v) is 17.6. The topological polar surface area (TPSA) is 37.9 Å². The molecule has 3 nitrogen and oxygen atoms in total. The Morgan fingerprint density at radius 3 is 2.48 bits per heavy atom. The summed E-state index contributed by atoms with van der Waals surface area (Å²) in [6.07, 6.45) is 3.96. The Bertz CT molecular complexity index is 1280. The van der Waals surface area contributed by atoms with Crippen molar-refractivity contribution in [1.29, 1.82) is 5.26 Å². The predicted molar refractivity (Wildman–Crippen MR) is 123 cm³/mol. The lowest BCUT2D eigenvalue weighted by molar-refractivity contribution is 0.340. The van der Waals surface area contributed by atoms with Crippen molar-refractivity contribution in [1.82, 2.24) is 4.57 Å². The van der Waals surface area contributed by atoms with Crippen molar-refractivity contribution in [3.8, 4) is 11.8 Å². The average molecular weight is 410 g/mol. The van der Waals surface area contributed by atoms with E-state index < -0.39 is 0 Å². The van der Waals surface area contributed by atoms with E-state index in [4.69, 9.17) is 4.74 Å². The molecule has 4 heteroatoms. The highest BCUT2D eigenvalue weighted by Crippen LogP contribution is 2.30. The molecule has 3 aromatic carbocycles. The van der Waals surface area contributed by atoms with E-state index >= 15 is 0 Å². The fourth-order valence-electron chi connectivity index (χ4n) is 3.66. The molecule has 0 saturated heterocycles. The first kappa shape index (κ1) is 20.4. The largest absolute Gasteiger partial charge is 0.494 e. The van der Waals surface area contributed by atoms with Crippen molar-refractivity contribution in [2.24, 2.45) is 0 Å². The van der Waals surface area contributed by atoms with E-state index in [2.05, 4.69) is 10.6 Å². The molecule has 0 aliphatic heterocycles. The van der Waals surface area contributed by atoms with Gasteiger partial charge in [-0.2, -0.15) is 5.26 Å². The molecule has 0 N–H and O–H groups in total. The Balaban J connectivity index is 1.82. The number of allylic oxidation sites excluding steroid dienone is 1. The van der Waals surface area contributed by atoms with Crippen molar-refractivity contribution in [2.45, 2.75) is 20.4 Å². The molecule has 0 aliphatic carbocycles. The fourth-order valence-corrected chi connectivity index (χ4v) is 3.66. The monoisotopic (exact) mass is 410 g/mol. The van der Waals surface area contributed by atoms with Gasteiger partial charge in [0.25, 0.3) is 0 Å². The summed E-state index contributed by atoms with van der Waals surface area (Å²) in [6, 6.07) is 22.8. The number of nitrogens with zero attached hydrogens (tertiary/aromatic N) is 2. The summed E-state index contributed by atoms with van der Waals surface area (Å²) < 4.78 is 21.1. The molecule has 4 rings (SSSR count). The molecule has 0 radical (unpaired) electrons. The zero-order valence-electron chi connectivity index (χ0n) is 17.6. The van der Waals surface area contributed by atoms with Crippen LogP contribution in [0.3, 0.4) is 0 Å². The number of benzene rings is 3. The van der Waals surface area contributed by atoms with Crippen LogP contribution in [0.15, 0.2) is 72.9 Å². The molecular formula is C27H23FN2O. The minimum absolute atomic E-state index is 0.250. The summed E-state index contributed by atoms with van der Waals surface area (Å²) in [4.78, 5) is 0. The molecule has 0 fully saturated rings. The van der Waals surface area contributed by atoms with E-state index in [9.17, 15) is 9.65 Å². The van der Waals surface area contributed by atoms with Crippen LogP contribution in [0, 0.1) is 24.1 Å². The number of hydrogen-bond donors (Lipinski definition) is 0. The molecule has 1 aromatic heterocycles. The second-order valence-corrected chi connectivity index (χ2v) is 7.49. The molecule has 0 bridgehead atoms. The van der Waals surface area contributed by atoms with Crippen molar-refractivity contribution in [3.05, 3.63) is 101 Å². The van der Waals surface area contributed by atoms with Crippen molar-refractivity contribution in [3.63, 3.8) is 0 Å². The Morgan fingerprint density at radius 2 is 1.81 bits per heavy atom. The molecule has 0 amide bonds. The molecule has 0 unspecified atom stereocenters. The molecule has 0 spiro atoms. The first-order chi connectivity index (χ1) is 15.1. The highest BCUT2D eigenvalue weighted by Gasteiger charge is 2.11. The van der Waals surface area contributed by atoms with Gasteiger partial charge in [0.1, 0.15) is 11.6 Å². The average Bonchev–Trinajstić information content (AvgIpc) is 3.11. The minimum atomic E-state index is -0.250. The van der Waals surface area contributed by atoms with Crippen LogP contribution in [0.25, 0.3) is 22.6 Å². The number of fused-ring (bicyclic) bond motifs is 1. The van der Waals surface area contributed by atoms with Gasteiger partial charge in [-0.1, -0.05) is 42.0 Å². The first-order valence-corrected chi connectivity index (χ1v) is 10.3. The summed E-state index contributed by atoms with van der Waals surface area (Å²) in [5, 5.41) is 10.8. The lowest BCUT2D eigenvalue weighted by Gasteiger charge is -2.08. The zero-order chi connectivity index (χ0) is 21.8. The lowest BCUT2D eigenvalue weighted by atomic mass is 10.0. The maximum Gasteiger partial charge on any atom is 0.123 e. The van der Waals surface area contributed by atoms with E-state index in [1.165, 1.54) is 12.1 Å². The van der Waals surface area contributed by atoms with Crippen LogP contribution in [0.4, 0.5) is 4.39 Å². The number of rotatable bonds is 6. The van der Waals surface area contributed by atoms with Gasteiger partial charge in [0.05, 0.1) is 23.8 Å². The van der Waals surface area contributed by atoms with Gasteiger partial charge >= 0.3 is 0 Å². The molecule has 1 heterocycles. The number of aromatic nitrogens is 1. The maximum absolute atomic E-state index is 13.3. The van der Waals surface area contributed by atoms with E-state index in [-0.39, 0.29) is 5.82 Å². The Labute approximate surface area is 181 Å². The van der Waals surface area contributed by atoms with Crippen LogP contribution in [-0.2, 0) is 6.54 Å². The van der Waals surface area contributed by atoms with Gasteiger partial charge < -0.3 is 9.30 Å². The van der Waals surface area contributed by atoms with Crippen LogP contribution in [-0.4, -0.2) is 11.2 Å². The number of hydrogen-bond acceptors (Lipinski definition) is 2. The quantitative estimate of drug-likeness (QED) is 0.336. The van der Waals surface area contributed by atoms with Crippen LogP contribution < -0.4 is 4.74 Å². The summed E-state index contributed by atoms with van der Waals surface area (Å²) >= 11 is 0. The Kier molecular flexibility index (Phi) is 5.86. The molecule has 0 aliphatic rings. The van der Waals surface area contributed by atoms with Gasteiger partial charge in [-0.05, 0) is 55.3 Å². The third-order valence-corrected chi connectivity index (χ3v) is 5.24. The summed E-state index contributed by atoms with van der Waals surface area (Å²) in [7, 11) is 0. The second kappa shape index (κ2) is 8.89. The smallest absolute Gasteiger partial charge is 0.123 e. The van der Waals surface area contributed by atoms with Crippen LogP contribution >= 0.6 is 0 Å². The second-order valence-electron chi connectivity index (χ2n) is 7.49.